The van der Waals surface area contributed by atoms with Crippen molar-refractivity contribution in [2.24, 2.45) is 16.7 Å². The van der Waals surface area contributed by atoms with Crippen LogP contribution in [0.15, 0.2) is 0 Å². The Morgan fingerprint density at radius 3 is 2.54 bits per heavy atom. The lowest BCUT2D eigenvalue weighted by molar-refractivity contribution is -0.237. The fourth-order valence-electron chi connectivity index (χ4n) is 7.83. The minimum Gasteiger partial charge on any atom is -0.467 e. The number of hydrogen-bond donors (Lipinski definition) is 2. The van der Waals surface area contributed by atoms with Crippen molar-refractivity contribution in [1.29, 1.82) is 0 Å². The van der Waals surface area contributed by atoms with E-state index >= 15 is 0 Å². The molecule has 4 aliphatic heterocycles. The van der Waals surface area contributed by atoms with Gasteiger partial charge in [-0.15, -0.1) is 0 Å². The molecule has 4 saturated heterocycles. The predicted molar refractivity (Wildman–Crippen MR) is 111 cm³/mol. The molecule has 14 nitrogen and oxygen atoms in total. The zero-order chi connectivity index (χ0) is 26.4. The normalized spacial score (nSPS) is 48.3. The highest BCUT2D eigenvalue weighted by atomic mass is 16.8. The third kappa shape index (κ3) is 2.56. The lowest BCUT2D eigenvalue weighted by Crippen LogP contribution is -2.66. The highest BCUT2D eigenvalue weighted by Crippen LogP contribution is 2.82. The zero-order valence-electron chi connectivity index (χ0n) is 20.2. The number of aliphatic hydroxyl groups excluding tert-OH is 1. The molecule has 2 aliphatic carbocycles. The predicted octanol–water partition coefficient (Wildman–Crippen LogP) is -2.41. The summed E-state index contributed by atoms with van der Waals surface area (Å²) in [5.41, 5.74) is -7.44. The van der Waals surface area contributed by atoms with E-state index in [0.29, 0.717) is 0 Å². The average molecular weight is 528 g/mol. The van der Waals surface area contributed by atoms with Crippen molar-refractivity contribution in [1.82, 2.24) is 0 Å². The second-order valence-electron chi connectivity index (χ2n) is 10.3. The molecule has 6 fully saturated rings. The molecule has 4 heterocycles. The third-order valence-corrected chi connectivity index (χ3v) is 9.17. The molecule has 3 unspecified atom stereocenters. The van der Waals surface area contributed by atoms with Crippen LogP contribution in [0.3, 0.4) is 0 Å². The Morgan fingerprint density at radius 1 is 1.05 bits per heavy atom. The first-order valence-electron chi connectivity index (χ1n) is 12.2. The van der Waals surface area contributed by atoms with Crippen molar-refractivity contribution in [2.75, 3.05) is 40.1 Å². The molecule has 14 heteroatoms. The van der Waals surface area contributed by atoms with Crippen molar-refractivity contribution in [3.8, 4) is 0 Å². The van der Waals surface area contributed by atoms with Crippen molar-refractivity contribution >= 4 is 23.9 Å². The molecule has 0 amide bonds. The van der Waals surface area contributed by atoms with Gasteiger partial charge in [0.15, 0.2) is 17.8 Å². The number of aliphatic hydroxyl groups is 2. The number of carbonyl (C=O) groups excluding carboxylic acids is 4. The third-order valence-electron chi connectivity index (χ3n) is 9.17. The number of fused-ring (bicyclic) bond motifs is 1. The van der Waals surface area contributed by atoms with Crippen LogP contribution in [0.4, 0.5) is 0 Å². The van der Waals surface area contributed by atoms with E-state index in [4.69, 9.17) is 33.2 Å². The van der Waals surface area contributed by atoms with E-state index in [1.165, 1.54) is 14.0 Å². The Hall–Kier alpha value is -2.36. The second-order valence-corrected chi connectivity index (χ2v) is 10.3. The van der Waals surface area contributed by atoms with E-state index in [0.717, 1.165) is 0 Å². The van der Waals surface area contributed by atoms with Crippen molar-refractivity contribution < 1.29 is 67.3 Å². The minimum absolute atomic E-state index is 0.0526. The summed E-state index contributed by atoms with van der Waals surface area (Å²) in [7, 11) is 1.25. The first kappa shape index (κ1) is 24.9. The van der Waals surface area contributed by atoms with Crippen LogP contribution in [0.2, 0.25) is 0 Å². The molecule has 37 heavy (non-hydrogen) atoms. The number of methoxy groups -OCH3 is 1. The quantitative estimate of drug-likeness (QED) is 0.183. The first-order valence-corrected chi connectivity index (χ1v) is 12.2. The largest absolute Gasteiger partial charge is 0.467 e. The van der Waals surface area contributed by atoms with Crippen LogP contribution >= 0.6 is 0 Å². The summed E-state index contributed by atoms with van der Waals surface area (Å²) in [6.07, 6.45) is -6.02. The van der Waals surface area contributed by atoms with Gasteiger partial charge in [0.1, 0.15) is 18.8 Å². The molecule has 10 atom stereocenters. The molecule has 2 N–H and O–H groups in total. The van der Waals surface area contributed by atoms with Crippen molar-refractivity contribution in [3.63, 3.8) is 0 Å². The lowest BCUT2D eigenvalue weighted by Gasteiger charge is -2.43. The van der Waals surface area contributed by atoms with Crippen LogP contribution in [-0.4, -0.2) is 116 Å². The molecule has 2 saturated carbocycles. The Labute approximate surface area is 210 Å². The highest BCUT2D eigenvalue weighted by Gasteiger charge is 3.02. The van der Waals surface area contributed by atoms with Gasteiger partial charge in [0, 0.05) is 0 Å². The number of rotatable bonds is 9. The summed E-state index contributed by atoms with van der Waals surface area (Å²) < 4.78 is 43.6. The van der Waals surface area contributed by atoms with Crippen LogP contribution in [0.1, 0.15) is 19.8 Å². The molecule has 2 spiro atoms. The van der Waals surface area contributed by atoms with Gasteiger partial charge in [-0.2, -0.15) is 0 Å². The van der Waals surface area contributed by atoms with Crippen LogP contribution in [0.5, 0.6) is 0 Å². The van der Waals surface area contributed by atoms with Crippen molar-refractivity contribution in [2.45, 2.75) is 61.7 Å². The zero-order valence-corrected chi connectivity index (χ0v) is 20.2. The molecule has 0 bridgehead atoms. The number of carbonyl (C=O) groups is 4. The Morgan fingerprint density at radius 2 is 1.78 bits per heavy atom. The molecule has 6 rings (SSSR count). The van der Waals surface area contributed by atoms with Crippen LogP contribution in [0, 0.1) is 16.7 Å². The van der Waals surface area contributed by atoms with Gasteiger partial charge in [0.05, 0.1) is 50.3 Å². The van der Waals surface area contributed by atoms with E-state index < -0.39 is 82.5 Å². The molecule has 0 aromatic carbocycles. The topological polar surface area (TPSA) is 183 Å². The maximum absolute atomic E-state index is 13.4. The fourth-order valence-corrected chi connectivity index (χ4v) is 7.83. The van der Waals surface area contributed by atoms with Crippen molar-refractivity contribution in [3.05, 3.63) is 0 Å². The summed E-state index contributed by atoms with van der Waals surface area (Å²) >= 11 is 0. The average Bonchev–Trinajstić information content (AvgIpc) is 3.59. The van der Waals surface area contributed by atoms with Gasteiger partial charge < -0.3 is 48.1 Å². The van der Waals surface area contributed by atoms with E-state index in [2.05, 4.69) is 4.74 Å². The van der Waals surface area contributed by atoms with Gasteiger partial charge in [0.2, 0.25) is 11.9 Å². The maximum Gasteiger partial charge on any atom is 0.343 e. The van der Waals surface area contributed by atoms with Crippen LogP contribution < -0.4 is 0 Å². The van der Waals surface area contributed by atoms with Gasteiger partial charge in [-0.1, -0.05) is 0 Å². The molecule has 0 aromatic rings. The molecule has 204 valence electrons. The highest BCUT2D eigenvalue weighted by molar-refractivity contribution is 5.94. The summed E-state index contributed by atoms with van der Waals surface area (Å²) in [5, 5.41) is 23.6. The second kappa shape index (κ2) is 8.07. The van der Waals surface area contributed by atoms with E-state index in [9.17, 15) is 29.4 Å². The molecular formula is C23H28O14. The summed E-state index contributed by atoms with van der Waals surface area (Å²) in [4.78, 5) is 49.9. The van der Waals surface area contributed by atoms with Crippen LogP contribution in [-0.2, 0) is 57.1 Å². The summed E-state index contributed by atoms with van der Waals surface area (Å²) in [5.74, 6) is -4.17. The van der Waals surface area contributed by atoms with Gasteiger partial charge in [-0.05, 0) is 19.8 Å². The smallest absolute Gasteiger partial charge is 0.343 e. The fraction of sp³-hybridized carbons (Fsp3) is 0.826. The standard InChI is InChI=1S/C23H28O14/c1-10-16(26)35-14-13(25)21-11-3-4-20(21)15(33-8-7-31-5-6-32-9-12(24)30-2)17(27)36-19(20)37-23(21,18(28)34-11)22(10,14)29/h10-11,13-15,19,25,29H,3-9H2,1-2H3/t10?,11?,13-,14-,15-,19-,20?,21-,22+,23+/m0/s1. The van der Waals surface area contributed by atoms with Gasteiger partial charge in [-0.25, -0.2) is 14.4 Å². The van der Waals surface area contributed by atoms with Crippen LogP contribution in [0.25, 0.3) is 0 Å². The van der Waals surface area contributed by atoms with Gasteiger partial charge >= 0.3 is 23.9 Å². The number of esters is 4. The van der Waals surface area contributed by atoms with Gasteiger partial charge in [0.25, 0.3) is 0 Å². The van der Waals surface area contributed by atoms with E-state index in [-0.39, 0.29) is 45.9 Å². The summed E-state index contributed by atoms with van der Waals surface area (Å²) in [6, 6.07) is 0. The Kier molecular flexibility index (Phi) is 5.44. The molecule has 0 radical (unpaired) electrons. The lowest BCUT2D eigenvalue weighted by atomic mass is 9.55. The van der Waals surface area contributed by atoms with E-state index in [1.54, 1.807) is 0 Å². The monoisotopic (exact) mass is 528 g/mol. The van der Waals surface area contributed by atoms with Gasteiger partial charge in [-0.3, -0.25) is 4.79 Å². The SMILES string of the molecule is COC(=O)COCCOCCO[C@H]1C(=O)O[C@H]2O[C@]34C(=O)OC5CCC21[C@@]53[C@@H](O)[C@@H]1OC(=O)C(C)[C@@]14O. The minimum atomic E-state index is -2.23. The molecule has 6 aliphatic rings. The summed E-state index contributed by atoms with van der Waals surface area (Å²) in [6.45, 7) is 1.49. The van der Waals surface area contributed by atoms with E-state index in [1.807, 2.05) is 0 Å². The first-order chi connectivity index (χ1) is 17.6. The molecular weight excluding hydrogens is 500 g/mol. The Balaban J connectivity index is 1.24. The number of hydrogen-bond acceptors (Lipinski definition) is 14. The maximum atomic E-state index is 13.4. The Bertz CT molecular complexity index is 1050. The number of ether oxygens (including phenoxy) is 8. The molecule has 0 aromatic heterocycles.